The molecule has 0 atom stereocenters. The number of fused-ring (bicyclic) bond motifs is 2. The van der Waals surface area contributed by atoms with E-state index in [1.165, 1.54) is 10.9 Å². The van der Waals surface area contributed by atoms with E-state index in [0.29, 0.717) is 5.82 Å². The van der Waals surface area contributed by atoms with Gasteiger partial charge in [-0.05, 0) is 30.9 Å². The Morgan fingerprint density at radius 1 is 1.28 bits per heavy atom. The molecular weight excluding hydrogens is 402 g/mol. The number of piperidine rings is 1. The molecule has 3 N–H and O–H groups in total. The number of amides is 2. The summed E-state index contributed by atoms with van der Waals surface area (Å²) in [5.41, 5.74) is 11.4. The number of H-pyrrole nitrogens is 1. The summed E-state index contributed by atoms with van der Waals surface area (Å²) in [4.78, 5) is 28.9. The zero-order valence-electron chi connectivity index (χ0n) is 18.8. The van der Waals surface area contributed by atoms with Gasteiger partial charge in [-0.2, -0.15) is 0 Å². The van der Waals surface area contributed by atoms with E-state index in [0.717, 1.165) is 60.6 Å². The SMILES string of the molecule is CCc1cccc2cc(-c3nc(C4CCN(C(=O)N(C)C)CC4)n4ccnc(N)c34)[nH]c12. The Morgan fingerprint density at radius 3 is 2.78 bits per heavy atom. The van der Waals surface area contributed by atoms with E-state index in [1.54, 1.807) is 25.2 Å². The van der Waals surface area contributed by atoms with Crippen LogP contribution in [0.1, 0.15) is 37.1 Å². The van der Waals surface area contributed by atoms with E-state index < -0.39 is 0 Å². The Labute approximate surface area is 187 Å². The van der Waals surface area contributed by atoms with Gasteiger partial charge in [-0.25, -0.2) is 14.8 Å². The highest BCUT2D eigenvalue weighted by Crippen LogP contribution is 2.35. The van der Waals surface area contributed by atoms with Crippen molar-refractivity contribution in [2.24, 2.45) is 0 Å². The molecule has 166 valence electrons. The number of imidazole rings is 1. The van der Waals surface area contributed by atoms with Gasteiger partial charge >= 0.3 is 6.03 Å². The summed E-state index contributed by atoms with van der Waals surface area (Å²) in [5, 5.41) is 1.17. The molecule has 1 aliphatic heterocycles. The summed E-state index contributed by atoms with van der Waals surface area (Å²) >= 11 is 0. The van der Waals surface area contributed by atoms with Crippen molar-refractivity contribution in [1.29, 1.82) is 0 Å². The third-order valence-electron chi connectivity index (χ3n) is 6.50. The fraction of sp³-hybridized carbons (Fsp3) is 0.375. The number of nitrogens with zero attached hydrogens (tertiary/aromatic N) is 5. The van der Waals surface area contributed by atoms with Crippen molar-refractivity contribution in [3.63, 3.8) is 0 Å². The molecule has 0 saturated carbocycles. The minimum absolute atomic E-state index is 0.0652. The lowest BCUT2D eigenvalue weighted by molar-refractivity contribution is 0.155. The minimum atomic E-state index is 0.0652. The molecule has 0 unspecified atom stereocenters. The molecular formula is C24H29N7O. The number of nitrogens with one attached hydrogen (secondary N) is 1. The molecule has 3 aromatic heterocycles. The van der Waals surface area contributed by atoms with E-state index in [1.807, 2.05) is 11.1 Å². The van der Waals surface area contributed by atoms with Gasteiger partial charge in [0, 0.05) is 56.4 Å². The first-order valence-corrected chi connectivity index (χ1v) is 11.2. The molecule has 1 aromatic carbocycles. The second-order valence-corrected chi connectivity index (χ2v) is 8.71. The minimum Gasteiger partial charge on any atom is -0.382 e. The van der Waals surface area contributed by atoms with Crippen LogP contribution in [0.4, 0.5) is 10.6 Å². The number of nitrogen functional groups attached to an aromatic ring is 1. The number of aromatic amines is 1. The van der Waals surface area contributed by atoms with E-state index in [-0.39, 0.29) is 11.9 Å². The molecule has 8 nitrogen and oxygen atoms in total. The topological polar surface area (TPSA) is 95.6 Å². The summed E-state index contributed by atoms with van der Waals surface area (Å²) in [6, 6.07) is 8.57. The van der Waals surface area contributed by atoms with Gasteiger partial charge in [-0.15, -0.1) is 0 Å². The lowest BCUT2D eigenvalue weighted by Crippen LogP contribution is -2.43. The summed E-state index contributed by atoms with van der Waals surface area (Å²) in [5.74, 6) is 1.70. The third kappa shape index (κ3) is 3.26. The van der Waals surface area contributed by atoms with Crippen LogP contribution in [-0.4, -0.2) is 62.4 Å². The first-order valence-electron chi connectivity index (χ1n) is 11.2. The number of anilines is 1. The number of aryl methyl sites for hydroxylation is 1. The largest absolute Gasteiger partial charge is 0.382 e. The number of likely N-dealkylation sites (tertiary alicyclic amines) is 1. The Balaban J connectivity index is 1.56. The normalized spacial score (nSPS) is 15.0. The molecule has 1 saturated heterocycles. The lowest BCUT2D eigenvalue weighted by atomic mass is 9.96. The molecule has 4 heterocycles. The summed E-state index contributed by atoms with van der Waals surface area (Å²) in [6.45, 7) is 3.60. The predicted octanol–water partition coefficient (Wildman–Crippen LogP) is 3.88. The van der Waals surface area contributed by atoms with Gasteiger partial charge in [0.05, 0.1) is 5.69 Å². The quantitative estimate of drug-likeness (QED) is 0.514. The average Bonchev–Trinajstić information content (AvgIpc) is 3.41. The third-order valence-corrected chi connectivity index (χ3v) is 6.50. The first kappa shape index (κ1) is 20.4. The second-order valence-electron chi connectivity index (χ2n) is 8.71. The monoisotopic (exact) mass is 431 g/mol. The fourth-order valence-corrected chi connectivity index (χ4v) is 4.82. The molecule has 1 aliphatic rings. The molecule has 0 aliphatic carbocycles. The summed E-state index contributed by atoms with van der Waals surface area (Å²) in [7, 11) is 3.59. The number of hydrogen-bond acceptors (Lipinski definition) is 4. The highest BCUT2D eigenvalue weighted by Gasteiger charge is 2.29. The van der Waals surface area contributed by atoms with Gasteiger partial charge in [0.15, 0.2) is 0 Å². The van der Waals surface area contributed by atoms with Crippen molar-refractivity contribution in [3.05, 3.63) is 48.0 Å². The molecule has 2 amide bonds. The number of carbonyl (C=O) groups is 1. The molecule has 8 heteroatoms. The van der Waals surface area contributed by atoms with Gasteiger partial charge < -0.3 is 20.5 Å². The number of benzene rings is 1. The van der Waals surface area contributed by atoms with Crippen LogP contribution in [0, 0.1) is 0 Å². The van der Waals surface area contributed by atoms with Crippen LogP contribution in [-0.2, 0) is 6.42 Å². The van der Waals surface area contributed by atoms with Crippen LogP contribution < -0.4 is 5.73 Å². The Hall–Kier alpha value is -3.55. The number of carbonyl (C=O) groups excluding carboxylic acids is 1. The zero-order chi connectivity index (χ0) is 22.4. The Kier molecular flexibility index (Phi) is 5.00. The highest BCUT2D eigenvalue weighted by atomic mass is 16.2. The maximum Gasteiger partial charge on any atom is 0.319 e. The van der Waals surface area contributed by atoms with Gasteiger partial charge in [-0.3, -0.25) is 4.40 Å². The predicted molar refractivity (Wildman–Crippen MR) is 127 cm³/mol. The van der Waals surface area contributed by atoms with Gasteiger partial charge in [0.1, 0.15) is 22.9 Å². The maximum absolute atomic E-state index is 12.3. The Morgan fingerprint density at radius 2 is 2.06 bits per heavy atom. The number of rotatable bonds is 3. The maximum atomic E-state index is 12.3. The van der Waals surface area contributed by atoms with Gasteiger partial charge in [0.25, 0.3) is 0 Å². The second kappa shape index (κ2) is 7.85. The van der Waals surface area contributed by atoms with Crippen molar-refractivity contribution >= 4 is 28.3 Å². The number of nitrogens with two attached hydrogens (primary N) is 1. The smallest absolute Gasteiger partial charge is 0.319 e. The Bertz CT molecular complexity index is 1290. The summed E-state index contributed by atoms with van der Waals surface area (Å²) < 4.78 is 2.08. The average molecular weight is 432 g/mol. The van der Waals surface area contributed by atoms with Gasteiger partial charge in [0.2, 0.25) is 0 Å². The van der Waals surface area contributed by atoms with Crippen LogP contribution in [0.5, 0.6) is 0 Å². The highest BCUT2D eigenvalue weighted by molar-refractivity contribution is 5.92. The zero-order valence-corrected chi connectivity index (χ0v) is 18.8. The van der Waals surface area contributed by atoms with E-state index >= 15 is 0 Å². The standard InChI is InChI=1S/C24H29N7O/c1-4-15-6-5-7-17-14-18(27-19(15)17)20-21-22(25)26-10-13-31(21)23(28-20)16-8-11-30(12-9-16)24(32)29(2)3/h5-7,10,13-14,16,27H,4,8-9,11-12H2,1-3H3,(H2,25,26). The van der Waals surface area contributed by atoms with E-state index in [4.69, 9.17) is 10.7 Å². The number of urea groups is 1. The van der Waals surface area contributed by atoms with Crippen LogP contribution in [0.25, 0.3) is 27.8 Å². The number of hydrogen-bond donors (Lipinski definition) is 2. The number of aromatic nitrogens is 4. The molecule has 0 radical (unpaired) electrons. The van der Waals surface area contributed by atoms with Crippen LogP contribution >= 0.6 is 0 Å². The van der Waals surface area contributed by atoms with E-state index in [2.05, 4.69) is 45.6 Å². The van der Waals surface area contributed by atoms with Gasteiger partial charge in [-0.1, -0.05) is 25.1 Å². The van der Waals surface area contributed by atoms with Crippen molar-refractivity contribution < 1.29 is 4.79 Å². The molecule has 5 rings (SSSR count). The van der Waals surface area contributed by atoms with Crippen molar-refractivity contribution in [1.82, 2.24) is 29.2 Å². The number of para-hydroxylation sites is 1. The van der Waals surface area contributed by atoms with Crippen molar-refractivity contribution in [3.8, 4) is 11.4 Å². The molecule has 4 aromatic rings. The molecule has 32 heavy (non-hydrogen) atoms. The van der Waals surface area contributed by atoms with Crippen molar-refractivity contribution in [2.75, 3.05) is 32.9 Å². The van der Waals surface area contributed by atoms with E-state index in [9.17, 15) is 4.79 Å². The first-order chi connectivity index (χ1) is 15.5. The fourth-order valence-electron chi connectivity index (χ4n) is 4.82. The molecule has 0 spiro atoms. The van der Waals surface area contributed by atoms with Crippen LogP contribution in [0.15, 0.2) is 36.7 Å². The summed E-state index contributed by atoms with van der Waals surface area (Å²) in [6.07, 6.45) is 6.36. The molecule has 1 fully saturated rings. The van der Waals surface area contributed by atoms with Crippen LogP contribution in [0.3, 0.4) is 0 Å². The molecule has 0 bridgehead atoms. The lowest BCUT2D eigenvalue weighted by Gasteiger charge is -2.33. The van der Waals surface area contributed by atoms with Crippen LogP contribution in [0.2, 0.25) is 0 Å². The van der Waals surface area contributed by atoms with Crippen molar-refractivity contribution in [2.45, 2.75) is 32.1 Å².